The molecule has 4 atom stereocenters. The number of nitrogens with zero attached hydrogens (tertiary/aromatic N) is 7. The molecule has 1 aliphatic carbocycles. The molecule has 2 aliphatic rings. The maximum atomic E-state index is 13.4. The summed E-state index contributed by atoms with van der Waals surface area (Å²) in [5.74, 6) is -0.411. The van der Waals surface area contributed by atoms with Crippen molar-refractivity contribution in [1.29, 1.82) is 5.26 Å². The summed E-state index contributed by atoms with van der Waals surface area (Å²) in [6, 6.07) is 9.75. The van der Waals surface area contributed by atoms with Crippen molar-refractivity contribution in [2.45, 2.75) is 70.6 Å². The fourth-order valence-electron chi connectivity index (χ4n) is 5.65. The number of hydrogen-bond acceptors (Lipinski definition) is 9. The van der Waals surface area contributed by atoms with E-state index < -0.39 is 23.7 Å². The molecule has 1 saturated heterocycles. The largest absolute Gasteiger partial charge is 0.467 e. The fraction of sp³-hybridized carbons (Fsp3) is 0.483. The highest BCUT2D eigenvalue weighted by molar-refractivity contribution is 5.89. The lowest BCUT2D eigenvalue weighted by Gasteiger charge is -2.35. The van der Waals surface area contributed by atoms with Crippen LogP contribution in [0.2, 0.25) is 0 Å². The zero-order valence-corrected chi connectivity index (χ0v) is 23.1. The standard InChI is InChI=1S/C29H33N7O4/c1-29(2,3)40-28(38)36-23-10-7-20(13-23)26(36)25(37)12-19(14-30)11-18-5-8-22(9-6-18)35-17-24(33-34-35)21-15-31-27(39-4)32-16-21/h5-6,8-9,15-17,19-20,23,26H,7,10-13H2,1-4H3/t19-,20+,23-,26+/m1/s1. The van der Waals surface area contributed by atoms with Crippen molar-refractivity contribution in [3.05, 3.63) is 48.4 Å². The maximum absolute atomic E-state index is 13.4. The SMILES string of the molecule is COc1ncc(-c2cn(-c3ccc(C[C@@H](C#N)CC(=O)[C@@H]4[C@H]5CC[C@H](C5)N4C(=O)OC(C)(C)C)cc3)nn2)cn1. The third kappa shape index (κ3) is 5.81. The van der Waals surface area contributed by atoms with Crippen molar-refractivity contribution in [2.24, 2.45) is 11.8 Å². The maximum Gasteiger partial charge on any atom is 0.411 e. The van der Waals surface area contributed by atoms with Crippen LogP contribution in [0.25, 0.3) is 16.9 Å². The normalized spacial score (nSPS) is 20.7. The molecule has 2 bridgehead atoms. The minimum Gasteiger partial charge on any atom is -0.467 e. The Kier molecular flexibility index (Phi) is 7.52. The van der Waals surface area contributed by atoms with Crippen LogP contribution in [0.3, 0.4) is 0 Å². The van der Waals surface area contributed by atoms with E-state index in [-0.39, 0.29) is 30.2 Å². The smallest absolute Gasteiger partial charge is 0.411 e. The van der Waals surface area contributed by atoms with Gasteiger partial charge in [0.2, 0.25) is 0 Å². The molecule has 1 aromatic carbocycles. The summed E-state index contributed by atoms with van der Waals surface area (Å²) in [5, 5.41) is 18.3. The van der Waals surface area contributed by atoms with Gasteiger partial charge in [-0.3, -0.25) is 9.69 Å². The third-order valence-corrected chi connectivity index (χ3v) is 7.43. The summed E-state index contributed by atoms with van der Waals surface area (Å²) in [5.41, 5.74) is 2.44. The zero-order chi connectivity index (χ0) is 28.4. The monoisotopic (exact) mass is 543 g/mol. The fourth-order valence-corrected chi connectivity index (χ4v) is 5.65. The predicted molar refractivity (Wildman–Crippen MR) is 144 cm³/mol. The van der Waals surface area contributed by atoms with Crippen molar-refractivity contribution in [2.75, 3.05) is 7.11 Å². The molecule has 208 valence electrons. The number of hydrogen-bond donors (Lipinski definition) is 0. The van der Waals surface area contributed by atoms with Gasteiger partial charge in [0.1, 0.15) is 11.3 Å². The van der Waals surface area contributed by atoms with Gasteiger partial charge in [0.05, 0.1) is 37.0 Å². The van der Waals surface area contributed by atoms with Crippen LogP contribution in [-0.4, -0.2) is 66.5 Å². The number of rotatable bonds is 8. The van der Waals surface area contributed by atoms with E-state index in [9.17, 15) is 14.9 Å². The molecular formula is C29H33N7O4. The quantitative estimate of drug-likeness (QED) is 0.410. The minimum atomic E-state index is -0.633. The van der Waals surface area contributed by atoms with Gasteiger partial charge in [-0.05, 0) is 70.1 Å². The zero-order valence-electron chi connectivity index (χ0n) is 23.1. The molecule has 0 spiro atoms. The topological polar surface area (TPSA) is 136 Å². The lowest BCUT2D eigenvalue weighted by Crippen LogP contribution is -2.51. The van der Waals surface area contributed by atoms with E-state index in [1.54, 1.807) is 28.2 Å². The van der Waals surface area contributed by atoms with Crippen LogP contribution in [0.4, 0.5) is 4.79 Å². The molecule has 0 radical (unpaired) electrons. The van der Waals surface area contributed by atoms with Gasteiger partial charge in [0, 0.05) is 30.4 Å². The van der Waals surface area contributed by atoms with E-state index in [0.717, 1.165) is 30.5 Å². The molecule has 1 aliphatic heterocycles. The Labute approximate surface area is 233 Å². The number of fused-ring (bicyclic) bond motifs is 2. The number of likely N-dealkylation sites (tertiary alicyclic amines) is 1. The van der Waals surface area contributed by atoms with Crippen molar-refractivity contribution >= 4 is 11.9 Å². The number of ketones is 1. The van der Waals surface area contributed by atoms with Crippen LogP contribution >= 0.6 is 0 Å². The Morgan fingerprint density at radius 2 is 1.88 bits per heavy atom. The first-order valence-corrected chi connectivity index (χ1v) is 13.5. The first-order valence-electron chi connectivity index (χ1n) is 13.5. The second kappa shape index (κ2) is 11.0. The van der Waals surface area contributed by atoms with Crippen molar-refractivity contribution in [3.8, 4) is 29.0 Å². The van der Waals surface area contributed by atoms with Gasteiger partial charge in [-0.25, -0.2) is 19.4 Å². The van der Waals surface area contributed by atoms with Gasteiger partial charge in [0.25, 0.3) is 0 Å². The first kappa shape index (κ1) is 27.2. The van der Waals surface area contributed by atoms with Crippen molar-refractivity contribution in [3.63, 3.8) is 0 Å². The number of carbonyl (C=O) groups is 2. The second-order valence-electron chi connectivity index (χ2n) is 11.4. The Hall–Kier alpha value is -4.33. The van der Waals surface area contributed by atoms with Crippen LogP contribution in [0.1, 0.15) is 52.0 Å². The number of carbonyl (C=O) groups excluding carboxylic acids is 2. The summed E-state index contributed by atoms with van der Waals surface area (Å²) in [6.45, 7) is 5.47. The van der Waals surface area contributed by atoms with Gasteiger partial charge in [-0.1, -0.05) is 17.3 Å². The number of benzene rings is 1. The van der Waals surface area contributed by atoms with Gasteiger partial charge >= 0.3 is 12.1 Å². The molecule has 1 saturated carbocycles. The van der Waals surface area contributed by atoms with E-state index in [1.165, 1.54) is 7.11 Å². The predicted octanol–water partition coefficient (Wildman–Crippen LogP) is 4.16. The molecule has 0 N–H and O–H groups in total. The van der Waals surface area contributed by atoms with E-state index in [0.29, 0.717) is 17.7 Å². The average Bonchev–Trinajstić information content (AvgIpc) is 3.69. The highest BCUT2D eigenvalue weighted by Gasteiger charge is 2.52. The number of methoxy groups -OCH3 is 1. The second-order valence-corrected chi connectivity index (χ2v) is 11.4. The highest BCUT2D eigenvalue weighted by atomic mass is 16.6. The summed E-state index contributed by atoms with van der Waals surface area (Å²) in [4.78, 5) is 36.2. The molecule has 0 unspecified atom stereocenters. The molecule has 40 heavy (non-hydrogen) atoms. The van der Waals surface area contributed by atoms with Gasteiger partial charge < -0.3 is 9.47 Å². The van der Waals surface area contributed by atoms with Crippen molar-refractivity contribution < 1.29 is 19.1 Å². The molecule has 11 heteroatoms. The third-order valence-electron chi connectivity index (χ3n) is 7.43. The Balaban J connectivity index is 1.22. The summed E-state index contributed by atoms with van der Waals surface area (Å²) >= 11 is 0. The van der Waals surface area contributed by atoms with Gasteiger partial charge in [0.15, 0.2) is 5.78 Å². The van der Waals surface area contributed by atoms with Gasteiger partial charge in [-0.2, -0.15) is 5.26 Å². The van der Waals surface area contributed by atoms with Crippen molar-refractivity contribution in [1.82, 2.24) is 29.9 Å². The Morgan fingerprint density at radius 1 is 1.15 bits per heavy atom. The van der Waals surface area contributed by atoms with Crippen LogP contribution in [0.5, 0.6) is 6.01 Å². The Morgan fingerprint density at radius 3 is 2.52 bits per heavy atom. The molecular weight excluding hydrogens is 510 g/mol. The van der Waals surface area contributed by atoms with Crippen LogP contribution in [0, 0.1) is 23.2 Å². The van der Waals surface area contributed by atoms with Crippen LogP contribution in [-0.2, 0) is 16.0 Å². The number of amides is 1. The number of piperidine rings is 1. The van der Waals surface area contributed by atoms with Gasteiger partial charge in [-0.15, -0.1) is 5.10 Å². The molecule has 2 fully saturated rings. The molecule has 3 aromatic rings. The minimum absolute atomic E-state index is 0.0384. The first-order chi connectivity index (χ1) is 19.1. The summed E-state index contributed by atoms with van der Waals surface area (Å²) < 4.78 is 12.3. The lowest BCUT2D eigenvalue weighted by molar-refractivity contribution is -0.126. The molecule has 3 heterocycles. The summed E-state index contributed by atoms with van der Waals surface area (Å²) in [7, 11) is 1.50. The number of ether oxygens (including phenoxy) is 2. The lowest BCUT2D eigenvalue weighted by atomic mass is 9.88. The van der Waals surface area contributed by atoms with Crippen LogP contribution < -0.4 is 4.74 Å². The number of Topliss-reactive ketones (excluding diaryl/α,β-unsaturated/α-hetero) is 1. The average molecular weight is 544 g/mol. The Bertz CT molecular complexity index is 1410. The number of aromatic nitrogens is 5. The summed E-state index contributed by atoms with van der Waals surface area (Å²) in [6.07, 6.45) is 7.76. The van der Waals surface area contributed by atoms with E-state index in [2.05, 4.69) is 26.3 Å². The molecule has 5 rings (SSSR count). The molecule has 11 nitrogen and oxygen atoms in total. The van der Waals surface area contributed by atoms with E-state index in [1.807, 2.05) is 45.0 Å². The molecule has 2 aromatic heterocycles. The van der Waals surface area contributed by atoms with Crippen LogP contribution in [0.15, 0.2) is 42.9 Å². The molecule has 1 amide bonds. The number of nitriles is 1. The van der Waals surface area contributed by atoms with E-state index in [4.69, 9.17) is 9.47 Å². The highest BCUT2D eigenvalue weighted by Crippen LogP contribution is 2.44. The van der Waals surface area contributed by atoms with E-state index >= 15 is 0 Å².